The number of anilines is 6. The molecule has 0 saturated carbocycles. The van der Waals surface area contributed by atoms with Crippen molar-refractivity contribution >= 4 is 85.7 Å². The van der Waals surface area contributed by atoms with Crippen molar-refractivity contribution in [1.29, 1.82) is 5.26 Å². The summed E-state index contributed by atoms with van der Waals surface area (Å²) in [4.78, 5) is 8.49. The normalized spacial score (nSPS) is 11.0. The predicted molar refractivity (Wildman–Crippen MR) is 283 cm³/mol. The second-order valence-electron chi connectivity index (χ2n) is 16.4. The van der Waals surface area contributed by atoms with E-state index in [2.05, 4.69) is 162 Å². The van der Waals surface area contributed by atoms with E-state index < -0.39 is 0 Å². The first-order valence-corrected chi connectivity index (χ1v) is 22.3. The van der Waals surface area contributed by atoms with E-state index in [0.717, 1.165) is 89.4 Å². The maximum Gasteiger partial charge on any atom is 0.202 e. The molecule has 0 radical (unpaired) electrons. The van der Waals surface area contributed by atoms with Crippen molar-refractivity contribution in [3.05, 3.63) is 232 Å². The summed E-state index contributed by atoms with van der Waals surface area (Å²) in [6.45, 7) is 15.1. The molecule has 0 unspecified atom stereocenters. The van der Waals surface area contributed by atoms with Gasteiger partial charge in [-0.2, -0.15) is 5.26 Å². The SMILES string of the molecule is O.[C-]#[N+]c1c2ccc(/C=C\c3ccc(N(c4ccc(OC)cc4)c4ccc(OCC)cc4)cc3)cc2c(C#N)c2ccc(/C=C\c3ccc(N(c4ccc(C)cc4)c4ccc(C)cc4)cc3)cc12. The van der Waals surface area contributed by atoms with Gasteiger partial charge in [-0.15, -0.1) is 0 Å². The van der Waals surface area contributed by atoms with Crippen molar-refractivity contribution < 1.29 is 14.9 Å². The Kier molecular flexibility index (Phi) is 13.8. The van der Waals surface area contributed by atoms with E-state index in [1.54, 1.807) is 7.11 Å². The largest absolute Gasteiger partial charge is 0.497 e. The monoisotopic (exact) mass is 886 g/mol. The average molecular weight is 887 g/mol. The predicted octanol–water partition coefficient (Wildman–Crippen LogP) is 15.9. The first kappa shape index (κ1) is 45.7. The molecule has 0 aliphatic rings. The molecular weight excluding hydrogens is 837 g/mol. The molecule has 9 aromatic carbocycles. The highest BCUT2D eigenvalue weighted by Gasteiger charge is 2.17. The summed E-state index contributed by atoms with van der Waals surface area (Å²) < 4.78 is 11.1. The third kappa shape index (κ3) is 9.71. The minimum Gasteiger partial charge on any atom is -0.497 e. The zero-order valence-corrected chi connectivity index (χ0v) is 38.4. The summed E-state index contributed by atoms with van der Waals surface area (Å²) in [7, 11) is 1.67. The van der Waals surface area contributed by atoms with Crippen LogP contribution in [0.3, 0.4) is 0 Å². The lowest BCUT2D eigenvalue weighted by Crippen LogP contribution is -2.09. The molecule has 7 heteroatoms. The topological polar surface area (TPSA) is 84.6 Å². The van der Waals surface area contributed by atoms with Crippen LogP contribution in [0, 0.1) is 31.8 Å². The van der Waals surface area contributed by atoms with E-state index in [-0.39, 0.29) is 5.48 Å². The average Bonchev–Trinajstić information content (AvgIpc) is 3.37. The number of aryl methyl sites for hydroxylation is 2. The Morgan fingerprint density at radius 2 is 0.853 bits per heavy atom. The number of ether oxygens (including phenoxy) is 2. The summed E-state index contributed by atoms with van der Waals surface area (Å²) in [6.07, 6.45) is 8.27. The number of fused-ring (bicyclic) bond motifs is 2. The summed E-state index contributed by atoms with van der Waals surface area (Å²) in [5.41, 5.74) is 13.7. The highest BCUT2D eigenvalue weighted by molar-refractivity contribution is 6.16. The number of nitrogens with zero attached hydrogens (tertiary/aromatic N) is 4. The van der Waals surface area contributed by atoms with Crippen LogP contribution in [0.2, 0.25) is 0 Å². The van der Waals surface area contributed by atoms with Crippen molar-refractivity contribution in [3.8, 4) is 17.6 Å². The minimum atomic E-state index is 0. The highest BCUT2D eigenvalue weighted by Crippen LogP contribution is 2.41. The van der Waals surface area contributed by atoms with Crippen LogP contribution >= 0.6 is 0 Å². The van der Waals surface area contributed by atoms with Gasteiger partial charge in [0.2, 0.25) is 5.69 Å². The van der Waals surface area contributed by atoms with Crippen molar-refractivity contribution in [2.45, 2.75) is 20.8 Å². The van der Waals surface area contributed by atoms with E-state index in [9.17, 15) is 5.26 Å². The summed E-state index contributed by atoms with van der Waals surface area (Å²) in [5, 5.41) is 13.6. The van der Waals surface area contributed by atoms with Crippen molar-refractivity contribution in [2.24, 2.45) is 0 Å². The number of hydrogen-bond donors (Lipinski definition) is 0. The van der Waals surface area contributed by atoms with Gasteiger partial charge >= 0.3 is 0 Å². The van der Waals surface area contributed by atoms with E-state index in [4.69, 9.17) is 16.0 Å². The van der Waals surface area contributed by atoms with Crippen LogP contribution in [-0.2, 0) is 0 Å². The molecule has 0 spiro atoms. The first-order valence-electron chi connectivity index (χ1n) is 22.3. The fraction of sp³-hybridized carbons (Fsp3) is 0.0820. The number of methoxy groups -OCH3 is 1. The maximum atomic E-state index is 10.6. The molecule has 9 aromatic rings. The van der Waals surface area contributed by atoms with Gasteiger partial charge in [0.05, 0.1) is 25.9 Å². The van der Waals surface area contributed by atoms with Crippen LogP contribution in [0.1, 0.15) is 45.9 Å². The second kappa shape index (κ2) is 20.5. The Bertz CT molecular complexity index is 3300. The lowest BCUT2D eigenvalue weighted by atomic mass is 9.93. The molecule has 2 N–H and O–H groups in total. The molecule has 0 saturated heterocycles. The third-order valence-electron chi connectivity index (χ3n) is 11.9. The standard InChI is InChI=1S/C61H48N4O2.H2O/c1-6-67-55-35-31-53(32-36-55)65(52-29-33-54(66-5)34-30-52)51-27-17-44(18-28-51)11-13-46-20-38-57-58(39-46)60(41-62)56-37-19-47(40-59(56)61(57)63-4)14-12-45-15-25-50(26-16-45)64(48-21-7-42(2)8-22-48)49-23-9-43(3)10-24-49;/h7-40H,6H2,1-3,5H3;1H2/b13-11-,14-12-;. The lowest BCUT2D eigenvalue weighted by Gasteiger charge is -2.26. The molecule has 7 nitrogen and oxygen atoms in total. The quantitative estimate of drug-likeness (QED) is 0.0654. The van der Waals surface area contributed by atoms with Gasteiger partial charge in [0.25, 0.3) is 0 Å². The van der Waals surface area contributed by atoms with E-state index in [1.165, 1.54) is 11.1 Å². The number of hydrogen-bond acceptors (Lipinski definition) is 5. The Hall–Kier alpha value is -8.88. The zero-order chi connectivity index (χ0) is 46.3. The number of benzene rings is 9. The van der Waals surface area contributed by atoms with Gasteiger partial charge in [-0.3, -0.25) is 0 Å². The molecule has 68 heavy (non-hydrogen) atoms. The Balaban J connectivity index is 0.00000625. The minimum absolute atomic E-state index is 0. The van der Waals surface area contributed by atoms with E-state index in [1.807, 2.05) is 85.8 Å². The second-order valence-corrected chi connectivity index (χ2v) is 16.4. The molecule has 0 bridgehead atoms. The molecule has 0 fully saturated rings. The molecule has 332 valence electrons. The van der Waals surface area contributed by atoms with Gasteiger partial charge in [-0.05, 0) is 168 Å². The third-order valence-corrected chi connectivity index (χ3v) is 11.9. The van der Waals surface area contributed by atoms with Gasteiger partial charge in [0.15, 0.2) is 0 Å². The Morgan fingerprint density at radius 1 is 0.485 bits per heavy atom. The molecule has 0 aliphatic carbocycles. The van der Waals surface area contributed by atoms with Crippen molar-refractivity contribution in [2.75, 3.05) is 23.5 Å². The van der Waals surface area contributed by atoms with Gasteiger partial charge in [-0.1, -0.05) is 114 Å². The fourth-order valence-electron chi connectivity index (χ4n) is 8.41. The Morgan fingerprint density at radius 3 is 1.26 bits per heavy atom. The van der Waals surface area contributed by atoms with Gasteiger partial charge in [0.1, 0.15) is 17.6 Å². The van der Waals surface area contributed by atoms with Gasteiger partial charge in [-0.25, -0.2) is 4.85 Å². The summed E-state index contributed by atoms with van der Waals surface area (Å²) in [6, 6.07) is 64.7. The van der Waals surface area contributed by atoms with Gasteiger partial charge < -0.3 is 24.7 Å². The van der Waals surface area contributed by atoms with Crippen LogP contribution < -0.4 is 19.3 Å². The lowest BCUT2D eigenvalue weighted by molar-refractivity contribution is 0.340. The van der Waals surface area contributed by atoms with Gasteiger partial charge in [0, 0.05) is 34.1 Å². The smallest absolute Gasteiger partial charge is 0.202 e. The molecular formula is C61H50N4O3. The van der Waals surface area contributed by atoms with Crippen molar-refractivity contribution in [3.63, 3.8) is 0 Å². The van der Waals surface area contributed by atoms with E-state index >= 15 is 0 Å². The van der Waals surface area contributed by atoms with Crippen LogP contribution in [0.5, 0.6) is 11.5 Å². The summed E-state index contributed by atoms with van der Waals surface area (Å²) in [5.74, 6) is 1.62. The molecule has 0 aliphatic heterocycles. The molecule has 0 atom stereocenters. The van der Waals surface area contributed by atoms with Crippen LogP contribution in [0.4, 0.5) is 39.8 Å². The maximum absolute atomic E-state index is 10.6. The van der Waals surface area contributed by atoms with Crippen molar-refractivity contribution in [1.82, 2.24) is 0 Å². The fourth-order valence-corrected chi connectivity index (χ4v) is 8.41. The molecule has 9 rings (SSSR count). The number of rotatable bonds is 13. The van der Waals surface area contributed by atoms with Crippen LogP contribution in [0.25, 0.3) is 50.7 Å². The van der Waals surface area contributed by atoms with Crippen LogP contribution in [-0.4, -0.2) is 19.2 Å². The Labute approximate surface area is 398 Å². The first-order chi connectivity index (χ1) is 32.8. The molecule has 0 heterocycles. The molecule has 0 aromatic heterocycles. The van der Waals surface area contributed by atoms with Crippen LogP contribution in [0.15, 0.2) is 182 Å². The molecule has 0 amide bonds. The van der Waals surface area contributed by atoms with E-state index in [0.29, 0.717) is 17.9 Å². The number of nitriles is 1. The summed E-state index contributed by atoms with van der Waals surface area (Å²) >= 11 is 0. The zero-order valence-electron chi connectivity index (χ0n) is 38.4. The highest BCUT2D eigenvalue weighted by atomic mass is 16.5.